The summed E-state index contributed by atoms with van der Waals surface area (Å²) in [4.78, 5) is 8.37. The van der Waals surface area contributed by atoms with Crippen molar-refractivity contribution in [3.05, 3.63) is 54.4 Å². The number of aromatic nitrogens is 5. The molecule has 2 heterocycles. The fourth-order valence-electron chi connectivity index (χ4n) is 3.74. The summed E-state index contributed by atoms with van der Waals surface area (Å²) in [5.41, 5.74) is 4.07. The zero-order valence-electron chi connectivity index (χ0n) is 15.9. The Morgan fingerprint density at radius 3 is 2.48 bits per heavy atom. The molecule has 5 heteroatoms. The fraction of sp³-hybridized carbons (Fsp3) is 0.409. The summed E-state index contributed by atoms with van der Waals surface area (Å²) in [6.07, 6.45) is 8.69. The van der Waals surface area contributed by atoms with Crippen LogP contribution in [0.15, 0.2) is 48.5 Å². The summed E-state index contributed by atoms with van der Waals surface area (Å²) in [5.74, 6) is 0.973. The molecule has 140 valence electrons. The van der Waals surface area contributed by atoms with Crippen LogP contribution < -0.4 is 0 Å². The highest BCUT2D eigenvalue weighted by molar-refractivity contribution is 5.76. The smallest absolute Gasteiger partial charge is 0.132 e. The van der Waals surface area contributed by atoms with Gasteiger partial charge in [0.25, 0.3) is 0 Å². The van der Waals surface area contributed by atoms with Crippen molar-refractivity contribution in [2.24, 2.45) is 0 Å². The third-order valence-corrected chi connectivity index (χ3v) is 5.23. The number of H-pyrrole nitrogens is 1. The van der Waals surface area contributed by atoms with Gasteiger partial charge in [0, 0.05) is 0 Å². The molecule has 5 nitrogen and oxygen atoms in total. The number of nitrogens with one attached hydrogen (secondary N) is 1. The van der Waals surface area contributed by atoms with E-state index in [1.807, 2.05) is 35.0 Å². The van der Waals surface area contributed by atoms with Crippen LogP contribution in [0.5, 0.6) is 0 Å². The second kappa shape index (κ2) is 8.33. The predicted octanol–water partition coefficient (Wildman–Crippen LogP) is 5.65. The lowest BCUT2D eigenvalue weighted by Gasteiger charge is -2.15. The number of hydrogen-bond acceptors (Lipinski definition) is 3. The topological polar surface area (TPSA) is 59.4 Å². The molecule has 0 saturated heterocycles. The summed E-state index contributed by atoms with van der Waals surface area (Å²) in [6.45, 7) is 2.26. The van der Waals surface area contributed by atoms with Gasteiger partial charge >= 0.3 is 0 Å². The molecule has 0 fully saturated rings. The predicted molar refractivity (Wildman–Crippen MR) is 110 cm³/mol. The van der Waals surface area contributed by atoms with Crippen molar-refractivity contribution in [1.29, 1.82) is 0 Å². The van der Waals surface area contributed by atoms with Gasteiger partial charge < -0.3 is 4.98 Å². The van der Waals surface area contributed by atoms with Gasteiger partial charge in [-0.15, -0.1) is 5.10 Å². The molecule has 2 aromatic heterocycles. The van der Waals surface area contributed by atoms with Gasteiger partial charge in [-0.25, -0.2) is 9.67 Å². The van der Waals surface area contributed by atoms with Gasteiger partial charge in [0.1, 0.15) is 17.4 Å². The highest BCUT2D eigenvalue weighted by Crippen LogP contribution is 2.27. The quantitative estimate of drug-likeness (QED) is 0.392. The fourth-order valence-corrected chi connectivity index (χ4v) is 3.74. The van der Waals surface area contributed by atoms with E-state index >= 15 is 0 Å². The van der Waals surface area contributed by atoms with Crippen LogP contribution in [0.3, 0.4) is 0 Å². The first-order chi connectivity index (χ1) is 13.4. The number of rotatable bonds is 9. The van der Waals surface area contributed by atoms with Crippen LogP contribution >= 0.6 is 0 Å². The van der Waals surface area contributed by atoms with Crippen molar-refractivity contribution >= 4 is 22.1 Å². The van der Waals surface area contributed by atoms with Gasteiger partial charge in [-0.1, -0.05) is 74.9 Å². The molecular formula is C22H27N5. The number of imidazole rings is 1. The number of nitrogens with zero attached hydrogens (tertiary/aromatic N) is 4. The van der Waals surface area contributed by atoms with Gasteiger partial charge in [0.05, 0.1) is 16.6 Å². The zero-order valence-corrected chi connectivity index (χ0v) is 15.9. The standard InChI is InChI=1S/C22H27N5/c1-2-3-4-5-6-7-16-21(22-23-17-12-8-9-13-18(17)24-22)27-20-15-11-10-14-19(20)25-26-27/h8-15,21H,2-7,16H2,1H3,(H,23,24). The van der Waals surface area contributed by atoms with E-state index in [9.17, 15) is 0 Å². The molecule has 4 rings (SSSR count). The number of fused-ring (bicyclic) bond motifs is 2. The minimum absolute atomic E-state index is 0.0796. The number of aromatic amines is 1. The van der Waals surface area contributed by atoms with E-state index in [0.717, 1.165) is 34.3 Å². The van der Waals surface area contributed by atoms with Crippen molar-refractivity contribution in [2.45, 2.75) is 57.9 Å². The number of benzene rings is 2. The van der Waals surface area contributed by atoms with Crippen LogP contribution in [0.2, 0.25) is 0 Å². The van der Waals surface area contributed by atoms with E-state index in [2.05, 4.69) is 40.4 Å². The minimum atomic E-state index is 0.0796. The molecular weight excluding hydrogens is 334 g/mol. The van der Waals surface area contributed by atoms with Gasteiger partial charge in [0.2, 0.25) is 0 Å². The molecule has 0 aliphatic heterocycles. The lowest BCUT2D eigenvalue weighted by molar-refractivity contribution is 0.444. The van der Waals surface area contributed by atoms with Crippen LogP contribution in [-0.2, 0) is 0 Å². The summed E-state index contributed by atoms with van der Waals surface area (Å²) < 4.78 is 2.04. The molecule has 1 atom stereocenters. The molecule has 0 spiro atoms. The first kappa shape index (κ1) is 17.7. The van der Waals surface area contributed by atoms with E-state index in [4.69, 9.17) is 4.98 Å². The Balaban J connectivity index is 1.60. The number of para-hydroxylation sites is 3. The lowest BCUT2D eigenvalue weighted by atomic mass is 10.1. The van der Waals surface area contributed by atoms with E-state index in [-0.39, 0.29) is 6.04 Å². The minimum Gasteiger partial charge on any atom is -0.340 e. The second-order valence-corrected chi connectivity index (χ2v) is 7.23. The monoisotopic (exact) mass is 361 g/mol. The van der Waals surface area contributed by atoms with Crippen LogP contribution in [0.25, 0.3) is 22.1 Å². The molecule has 27 heavy (non-hydrogen) atoms. The van der Waals surface area contributed by atoms with Gasteiger partial charge in [0.15, 0.2) is 0 Å². The largest absolute Gasteiger partial charge is 0.340 e. The average molecular weight is 361 g/mol. The van der Waals surface area contributed by atoms with Crippen LogP contribution in [-0.4, -0.2) is 25.0 Å². The maximum atomic E-state index is 4.86. The van der Waals surface area contributed by atoms with E-state index < -0.39 is 0 Å². The molecule has 1 N–H and O–H groups in total. The maximum Gasteiger partial charge on any atom is 0.132 e. The summed E-state index contributed by atoms with van der Waals surface area (Å²) in [7, 11) is 0. The molecule has 1 unspecified atom stereocenters. The van der Waals surface area contributed by atoms with Crippen molar-refractivity contribution < 1.29 is 0 Å². The Labute approximate surface area is 159 Å². The Morgan fingerprint density at radius 1 is 0.889 bits per heavy atom. The number of hydrogen-bond donors (Lipinski definition) is 1. The van der Waals surface area contributed by atoms with Crippen molar-refractivity contribution in [1.82, 2.24) is 25.0 Å². The van der Waals surface area contributed by atoms with Crippen LogP contribution in [0.4, 0.5) is 0 Å². The van der Waals surface area contributed by atoms with E-state index in [0.29, 0.717) is 0 Å². The molecule has 0 bridgehead atoms. The van der Waals surface area contributed by atoms with Crippen LogP contribution in [0.1, 0.15) is 63.7 Å². The second-order valence-electron chi connectivity index (χ2n) is 7.23. The van der Waals surface area contributed by atoms with Gasteiger partial charge in [-0.05, 0) is 30.7 Å². The van der Waals surface area contributed by atoms with Crippen molar-refractivity contribution in [3.63, 3.8) is 0 Å². The third kappa shape index (κ3) is 3.87. The summed E-state index contributed by atoms with van der Waals surface area (Å²) in [6, 6.07) is 16.4. The van der Waals surface area contributed by atoms with Crippen molar-refractivity contribution in [2.75, 3.05) is 0 Å². The highest BCUT2D eigenvalue weighted by atomic mass is 15.4. The first-order valence-electron chi connectivity index (χ1n) is 10.1. The normalized spacial score (nSPS) is 12.8. The third-order valence-electron chi connectivity index (χ3n) is 5.23. The Morgan fingerprint density at radius 2 is 1.63 bits per heavy atom. The zero-order chi connectivity index (χ0) is 18.5. The van der Waals surface area contributed by atoms with E-state index in [1.54, 1.807) is 0 Å². The Hall–Kier alpha value is -2.69. The number of unbranched alkanes of at least 4 members (excludes halogenated alkanes) is 5. The molecule has 2 aromatic carbocycles. The summed E-state index contributed by atoms with van der Waals surface area (Å²) >= 11 is 0. The molecule has 0 amide bonds. The molecule has 0 saturated carbocycles. The SMILES string of the molecule is CCCCCCCCC(c1nc2ccccc2[nH]1)n1nnc2ccccc21. The molecule has 4 aromatic rings. The van der Waals surface area contributed by atoms with Crippen LogP contribution in [0, 0.1) is 0 Å². The average Bonchev–Trinajstić information content (AvgIpc) is 3.32. The summed E-state index contributed by atoms with van der Waals surface area (Å²) in [5, 5.41) is 8.84. The lowest BCUT2D eigenvalue weighted by Crippen LogP contribution is -2.14. The highest BCUT2D eigenvalue weighted by Gasteiger charge is 2.21. The molecule has 0 aliphatic rings. The maximum absolute atomic E-state index is 4.86. The van der Waals surface area contributed by atoms with Crippen molar-refractivity contribution in [3.8, 4) is 0 Å². The molecule has 0 radical (unpaired) electrons. The molecule has 0 aliphatic carbocycles. The first-order valence-corrected chi connectivity index (χ1v) is 10.1. The van der Waals surface area contributed by atoms with Gasteiger partial charge in [-0.2, -0.15) is 0 Å². The Kier molecular flexibility index (Phi) is 5.47. The van der Waals surface area contributed by atoms with E-state index in [1.165, 1.54) is 38.5 Å². The Bertz CT molecular complexity index is 967. The van der Waals surface area contributed by atoms with Gasteiger partial charge in [-0.3, -0.25) is 0 Å².